The molecule has 1 rings (SSSR count). The highest BCUT2D eigenvalue weighted by atomic mass is 15.3. The zero-order chi connectivity index (χ0) is 24.5. The van der Waals surface area contributed by atoms with Crippen molar-refractivity contribution < 1.29 is 0 Å². The average molecular weight is 480 g/mol. The third-order valence-electron chi connectivity index (χ3n) is 7.98. The Morgan fingerprint density at radius 2 is 0.794 bits per heavy atom. The van der Waals surface area contributed by atoms with Crippen molar-refractivity contribution in [2.75, 3.05) is 59.4 Å². The van der Waals surface area contributed by atoms with E-state index in [0.29, 0.717) is 0 Å². The zero-order valence-corrected chi connectivity index (χ0v) is 24.1. The smallest absolute Gasteiger partial charge is 0.0110 e. The molecule has 0 aliphatic carbocycles. The van der Waals surface area contributed by atoms with Gasteiger partial charge < -0.3 is 9.80 Å². The molecule has 0 atom stereocenters. The number of piperazine rings is 1. The van der Waals surface area contributed by atoms with Crippen LogP contribution in [0.2, 0.25) is 0 Å². The fourth-order valence-electron chi connectivity index (χ4n) is 5.34. The van der Waals surface area contributed by atoms with E-state index in [2.05, 4.69) is 35.6 Å². The van der Waals surface area contributed by atoms with E-state index in [-0.39, 0.29) is 0 Å². The minimum atomic E-state index is 1.25. The van der Waals surface area contributed by atoms with Crippen LogP contribution in [0.25, 0.3) is 0 Å². The molecule has 3 nitrogen and oxygen atoms in total. The molecule has 1 aliphatic rings. The molecule has 0 unspecified atom stereocenters. The molecule has 0 aromatic rings. The second kappa shape index (κ2) is 24.6. The van der Waals surface area contributed by atoms with Gasteiger partial charge in [0, 0.05) is 39.3 Å². The van der Waals surface area contributed by atoms with Crippen LogP contribution in [0.1, 0.15) is 142 Å². The Balaban J connectivity index is 2.11. The van der Waals surface area contributed by atoms with Gasteiger partial charge in [-0.05, 0) is 33.0 Å². The predicted molar refractivity (Wildman–Crippen MR) is 154 cm³/mol. The van der Waals surface area contributed by atoms with Crippen molar-refractivity contribution in [3.8, 4) is 0 Å². The maximum Gasteiger partial charge on any atom is 0.0110 e. The SMILES string of the molecule is CCCCCCCCCCCCN(CCCCCCCCCCCC)CCN1CCN(C)CC1. The third-order valence-corrected chi connectivity index (χ3v) is 7.98. The van der Waals surface area contributed by atoms with Crippen LogP contribution in [0.5, 0.6) is 0 Å². The summed E-state index contributed by atoms with van der Waals surface area (Å²) in [4.78, 5) is 7.99. The summed E-state index contributed by atoms with van der Waals surface area (Å²) in [6, 6.07) is 0. The molecule has 0 aromatic carbocycles. The summed E-state index contributed by atoms with van der Waals surface area (Å²) >= 11 is 0. The molecular weight excluding hydrogens is 414 g/mol. The topological polar surface area (TPSA) is 9.72 Å². The summed E-state index contributed by atoms with van der Waals surface area (Å²) in [6.45, 7) is 14.9. The standard InChI is InChI=1S/C31H65N3/c1-4-6-8-10-12-14-16-18-20-22-24-33(30-31-34-28-26-32(3)27-29-34)25-23-21-19-17-15-13-11-9-7-5-2/h4-31H2,1-3H3. The van der Waals surface area contributed by atoms with Gasteiger partial charge in [0.2, 0.25) is 0 Å². The molecule has 204 valence electrons. The molecule has 0 amide bonds. The monoisotopic (exact) mass is 480 g/mol. The highest BCUT2D eigenvalue weighted by molar-refractivity contribution is 4.71. The van der Waals surface area contributed by atoms with Crippen LogP contribution >= 0.6 is 0 Å². The average Bonchev–Trinajstić information content (AvgIpc) is 2.85. The van der Waals surface area contributed by atoms with Crippen LogP contribution in [-0.2, 0) is 0 Å². The largest absolute Gasteiger partial charge is 0.304 e. The van der Waals surface area contributed by atoms with Crippen LogP contribution < -0.4 is 0 Å². The third kappa shape index (κ3) is 20.1. The number of unbranched alkanes of at least 4 members (excludes halogenated alkanes) is 18. The molecule has 1 fully saturated rings. The molecule has 3 heteroatoms. The Bertz CT molecular complexity index is 368. The fraction of sp³-hybridized carbons (Fsp3) is 1.00. The number of rotatable bonds is 25. The van der Waals surface area contributed by atoms with Crippen LogP contribution in [0.4, 0.5) is 0 Å². The molecular formula is C31H65N3. The van der Waals surface area contributed by atoms with Gasteiger partial charge in [-0.15, -0.1) is 0 Å². The molecule has 1 aliphatic heterocycles. The molecule has 0 bridgehead atoms. The second-order valence-electron chi connectivity index (χ2n) is 11.4. The Labute approximate surface area is 216 Å². The van der Waals surface area contributed by atoms with Crippen molar-refractivity contribution in [1.29, 1.82) is 0 Å². The summed E-state index contributed by atoms with van der Waals surface area (Å²) in [7, 11) is 2.26. The molecule has 34 heavy (non-hydrogen) atoms. The maximum atomic E-state index is 2.81. The first-order valence-corrected chi connectivity index (χ1v) is 15.9. The lowest BCUT2D eigenvalue weighted by molar-refractivity contribution is 0.133. The van der Waals surface area contributed by atoms with Gasteiger partial charge in [-0.25, -0.2) is 0 Å². The number of likely N-dealkylation sites (N-methyl/N-ethyl adjacent to an activating group) is 1. The Kier molecular flexibility index (Phi) is 23.1. The molecule has 0 aromatic heterocycles. The van der Waals surface area contributed by atoms with Gasteiger partial charge in [0.1, 0.15) is 0 Å². The Morgan fingerprint density at radius 3 is 1.18 bits per heavy atom. The first kappa shape index (κ1) is 31.9. The molecule has 1 saturated heterocycles. The van der Waals surface area contributed by atoms with Gasteiger partial charge in [-0.1, -0.05) is 129 Å². The predicted octanol–water partition coefficient (Wildman–Crippen LogP) is 8.38. The summed E-state index contributed by atoms with van der Waals surface area (Å²) in [5.74, 6) is 0. The first-order chi connectivity index (χ1) is 16.8. The van der Waals surface area contributed by atoms with Crippen LogP contribution in [0.15, 0.2) is 0 Å². The van der Waals surface area contributed by atoms with Crippen molar-refractivity contribution in [2.45, 2.75) is 142 Å². The van der Waals surface area contributed by atoms with Gasteiger partial charge in [0.15, 0.2) is 0 Å². The number of nitrogens with zero attached hydrogens (tertiary/aromatic N) is 3. The van der Waals surface area contributed by atoms with Crippen molar-refractivity contribution in [1.82, 2.24) is 14.7 Å². The van der Waals surface area contributed by atoms with E-state index in [1.165, 1.54) is 181 Å². The van der Waals surface area contributed by atoms with Crippen LogP contribution in [-0.4, -0.2) is 74.1 Å². The van der Waals surface area contributed by atoms with Gasteiger partial charge in [0.05, 0.1) is 0 Å². The van der Waals surface area contributed by atoms with E-state index in [1.54, 1.807) is 0 Å². The van der Waals surface area contributed by atoms with Gasteiger partial charge in [-0.3, -0.25) is 4.90 Å². The maximum absolute atomic E-state index is 2.81. The van der Waals surface area contributed by atoms with E-state index in [9.17, 15) is 0 Å². The molecule has 0 N–H and O–H groups in total. The summed E-state index contributed by atoms with van der Waals surface area (Å²) in [6.07, 6.45) is 28.9. The van der Waals surface area contributed by atoms with Crippen molar-refractivity contribution in [3.05, 3.63) is 0 Å². The quantitative estimate of drug-likeness (QED) is 0.122. The Morgan fingerprint density at radius 1 is 0.441 bits per heavy atom. The van der Waals surface area contributed by atoms with Crippen molar-refractivity contribution >= 4 is 0 Å². The van der Waals surface area contributed by atoms with E-state index in [1.807, 2.05) is 0 Å². The summed E-state index contributed by atoms with van der Waals surface area (Å²) < 4.78 is 0. The summed E-state index contributed by atoms with van der Waals surface area (Å²) in [5, 5.41) is 0. The van der Waals surface area contributed by atoms with Gasteiger partial charge >= 0.3 is 0 Å². The van der Waals surface area contributed by atoms with Crippen molar-refractivity contribution in [3.63, 3.8) is 0 Å². The lowest BCUT2D eigenvalue weighted by Crippen LogP contribution is -2.47. The lowest BCUT2D eigenvalue weighted by Gasteiger charge is -2.34. The van der Waals surface area contributed by atoms with E-state index >= 15 is 0 Å². The highest BCUT2D eigenvalue weighted by Gasteiger charge is 2.14. The fourth-order valence-corrected chi connectivity index (χ4v) is 5.34. The number of hydrogen-bond donors (Lipinski definition) is 0. The first-order valence-electron chi connectivity index (χ1n) is 15.9. The zero-order valence-electron chi connectivity index (χ0n) is 24.1. The van der Waals surface area contributed by atoms with Gasteiger partial charge in [0.25, 0.3) is 0 Å². The van der Waals surface area contributed by atoms with Crippen molar-refractivity contribution in [2.24, 2.45) is 0 Å². The van der Waals surface area contributed by atoms with Gasteiger partial charge in [-0.2, -0.15) is 0 Å². The Hall–Kier alpha value is -0.120. The highest BCUT2D eigenvalue weighted by Crippen LogP contribution is 2.13. The second-order valence-corrected chi connectivity index (χ2v) is 11.4. The molecule has 0 spiro atoms. The van der Waals surface area contributed by atoms with E-state index in [4.69, 9.17) is 0 Å². The van der Waals surface area contributed by atoms with E-state index in [0.717, 1.165) is 0 Å². The van der Waals surface area contributed by atoms with Crippen LogP contribution in [0.3, 0.4) is 0 Å². The minimum absolute atomic E-state index is 1.25. The normalized spacial score (nSPS) is 15.5. The van der Waals surface area contributed by atoms with Crippen LogP contribution in [0, 0.1) is 0 Å². The van der Waals surface area contributed by atoms with E-state index < -0.39 is 0 Å². The lowest BCUT2D eigenvalue weighted by atomic mass is 10.1. The minimum Gasteiger partial charge on any atom is -0.304 e. The molecule has 0 saturated carbocycles. The summed E-state index contributed by atoms with van der Waals surface area (Å²) in [5.41, 5.74) is 0. The molecule has 0 radical (unpaired) electrons. The number of hydrogen-bond acceptors (Lipinski definition) is 3. The molecule has 1 heterocycles.